The summed E-state index contributed by atoms with van der Waals surface area (Å²) in [5.41, 5.74) is 2.31. The van der Waals surface area contributed by atoms with Crippen LogP contribution >= 0.6 is 15.9 Å². The van der Waals surface area contributed by atoms with E-state index in [2.05, 4.69) is 21.2 Å². The zero-order valence-corrected chi connectivity index (χ0v) is 14.0. The summed E-state index contributed by atoms with van der Waals surface area (Å²) < 4.78 is 20.5. The highest BCUT2D eigenvalue weighted by molar-refractivity contribution is 9.10. The molecule has 0 saturated carbocycles. The second kappa shape index (κ2) is 7.05. The van der Waals surface area contributed by atoms with Crippen LogP contribution in [0.25, 0.3) is 0 Å². The Kier molecular flexibility index (Phi) is 5.37. The highest BCUT2D eigenvalue weighted by atomic mass is 79.9. The molecule has 4 heteroatoms. The first-order valence-corrected chi connectivity index (χ1v) is 7.69. The summed E-state index contributed by atoms with van der Waals surface area (Å²) in [4.78, 5) is 0. The number of rotatable bonds is 5. The van der Waals surface area contributed by atoms with Gasteiger partial charge >= 0.3 is 0 Å². The topological polar surface area (TPSA) is 21.3 Å². The quantitative estimate of drug-likeness (QED) is 0.849. The first-order chi connectivity index (χ1) is 10.1. The van der Waals surface area contributed by atoms with Crippen molar-refractivity contribution < 1.29 is 9.13 Å². The van der Waals surface area contributed by atoms with E-state index in [1.807, 2.05) is 37.3 Å². The number of benzene rings is 2. The van der Waals surface area contributed by atoms with Gasteiger partial charge in [0.1, 0.15) is 11.6 Å². The van der Waals surface area contributed by atoms with Crippen LogP contribution in [0.2, 0.25) is 0 Å². The zero-order valence-electron chi connectivity index (χ0n) is 12.4. The van der Waals surface area contributed by atoms with Gasteiger partial charge < -0.3 is 10.1 Å². The first-order valence-electron chi connectivity index (χ1n) is 6.90. The van der Waals surface area contributed by atoms with Crippen LogP contribution < -0.4 is 10.1 Å². The molecule has 112 valence electrons. The van der Waals surface area contributed by atoms with Gasteiger partial charge in [0.25, 0.3) is 0 Å². The largest absolute Gasteiger partial charge is 0.496 e. The van der Waals surface area contributed by atoms with E-state index in [0.29, 0.717) is 11.1 Å². The van der Waals surface area contributed by atoms with Crippen LogP contribution in [0.3, 0.4) is 0 Å². The van der Waals surface area contributed by atoms with Crippen molar-refractivity contribution in [2.75, 3.05) is 13.7 Å². The normalized spacial score (nSPS) is 12.2. The van der Waals surface area contributed by atoms with Crippen LogP contribution in [0.4, 0.5) is 4.39 Å². The van der Waals surface area contributed by atoms with Crippen LogP contribution in [-0.2, 0) is 0 Å². The Balaban J connectivity index is 2.48. The molecule has 21 heavy (non-hydrogen) atoms. The third-order valence-corrected chi connectivity index (χ3v) is 4.07. The molecule has 0 aliphatic carbocycles. The molecule has 0 fully saturated rings. The van der Waals surface area contributed by atoms with Gasteiger partial charge in [0.15, 0.2) is 0 Å². The highest BCUT2D eigenvalue weighted by Crippen LogP contribution is 2.32. The number of nitrogens with one attached hydrogen (secondary N) is 1. The van der Waals surface area contributed by atoms with Crippen molar-refractivity contribution >= 4 is 15.9 Å². The number of hydrogen-bond donors (Lipinski definition) is 1. The van der Waals surface area contributed by atoms with Gasteiger partial charge in [0.2, 0.25) is 0 Å². The van der Waals surface area contributed by atoms with E-state index in [9.17, 15) is 4.39 Å². The maximum Gasteiger partial charge on any atom is 0.133 e. The summed E-state index contributed by atoms with van der Waals surface area (Å²) in [6.07, 6.45) is 0. The lowest BCUT2D eigenvalue weighted by molar-refractivity contribution is 0.411. The first kappa shape index (κ1) is 16.0. The molecule has 2 rings (SSSR count). The molecule has 0 aliphatic rings. The molecule has 0 bridgehead atoms. The fourth-order valence-corrected chi connectivity index (χ4v) is 2.93. The summed E-state index contributed by atoms with van der Waals surface area (Å²) in [5.74, 6) is 0.606. The summed E-state index contributed by atoms with van der Waals surface area (Å²) >= 11 is 3.49. The maximum absolute atomic E-state index is 14.4. The molecular weight excluding hydrogens is 333 g/mol. The van der Waals surface area contributed by atoms with E-state index in [4.69, 9.17) is 4.74 Å². The van der Waals surface area contributed by atoms with Gasteiger partial charge in [0.05, 0.1) is 17.6 Å². The Morgan fingerprint density at radius 2 is 2.05 bits per heavy atom. The van der Waals surface area contributed by atoms with Crippen molar-refractivity contribution in [3.8, 4) is 5.75 Å². The molecule has 0 spiro atoms. The Hall–Kier alpha value is -1.39. The average molecular weight is 352 g/mol. The van der Waals surface area contributed by atoms with Gasteiger partial charge in [-0.2, -0.15) is 0 Å². The predicted octanol–water partition coefficient (Wildman–Crippen LogP) is 4.60. The minimum absolute atomic E-state index is 0.157. The summed E-state index contributed by atoms with van der Waals surface area (Å²) in [6, 6.07) is 11.1. The molecule has 1 unspecified atom stereocenters. The van der Waals surface area contributed by atoms with Crippen molar-refractivity contribution in [1.82, 2.24) is 5.32 Å². The van der Waals surface area contributed by atoms with E-state index >= 15 is 0 Å². The molecule has 2 aromatic rings. The minimum Gasteiger partial charge on any atom is -0.496 e. The molecule has 2 nitrogen and oxygen atoms in total. The molecule has 1 atom stereocenters. The lowest BCUT2D eigenvalue weighted by atomic mass is 9.96. The lowest BCUT2D eigenvalue weighted by Gasteiger charge is -2.21. The number of halogens is 2. The molecule has 0 saturated heterocycles. The minimum atomic E-state index is -0.183. The summed E-state index contributed by atoms with van der Waals surface area (Å²) in [7, 11) is 1.63. The maximum atomic E-state index is 14.4. The van der Waals surface area contributed by atoms with Gasteiger partial charge in [0, 0.05) is 5.56 Å². The molecule has 0 aromatic heterocycles. The van der Waals surface area contributed by atoms with Gasteiger partial charge in [-0.1, -0.05) is 31.2 Å². The van der Waals surface area contributed by atoms with Crippen molar-refractivity contribution in [1.29, 1.82) is 0 Å². The third kappa shape index (κ3) is 3.44. The van der Waals surface area contributed by atoms with E-state index in [1.54, 1.807) is 20.1 Å². The SMILES string of the molecule is CCNC(c1ccc(OC)c(Br)c1)c1cccc(C)c1F. The van der Waals surface area contributed by atoms with Gasteiger partial charge in [-0.3, -0.25) is 0 Å². The molecule has 0 aliphatic heterocycles. The summed E-state index contributed by atoms with van der Waals surface area (Å²) in [6.45, 7) is 4.55. The van der Waals surface area contributed by atoms with Crippen LogP contribution in [0.15, 0.2) is 40.9 Å². The zero-order chi connectivity index (χ0) is 15.4. The Morgan fingerprint density at radius 3 is 2.67 bits per heavy atom. The third-order valence-electron chi connectivity index (χ3n) is 3.45. The number of hydrogen-bond acceptors (Lipinski definition) is 2. The van der Waals surface area contributed by atoms with Crippen LogP contribution in [-0.4, -0.2) is 13.7 Å². The fourth-order valence-electron chi connectivity index (χ4n) is 2.37. The molecule has 1 N–H and O–H groups in total. The molecule has 0 heterocycles. The van der Waals surface area contributed by atoms with E-state index in [1.165, 1.54) is 0 Å². The highest BCUT2D eigenvalue weighted by Gasteiger charge is 2.19. The average Bonchev–Trinajstić information content (AvgIpc) is 2.48. The van der Waals surface area contributed by atoms with Gasteiger partial charge in [-0.25, -0.2) is 4.39 Å². The Labute approximate surface area is 133 Å². The van der Waals surface area contributed by atoms with E-state index in [-0.39, 0.29) is 11.9 Å². The van der Waals surface area contributed by atoms with Crippen LogP contribution in [0.1, 0.15) is 29.7 Å². The molecule has 0 radical (unpaired) electrons. The van der Waals surface area contributed by atoms with Crippen molar-refractivity contribution in [2.45, 2.75) is 19.9 Å². The monoisotopic (exact) mass is 351 g/mol. The van der Waals surface area contributed by atoms with Crippen LogP contribution in [0, 0.1) is 12.7 Å². The van der Waals surface area contributed by atoms with E-state index < -0.39 is 0 Å². The molecule has 2 aromatic carbocycles. The Morgan fingerprint density at radius 1 is 1.29 bits per heavy atom. The standard InChI is InChI=1S/C17H19BrFNO/c1-4-20-17(13-7-5-6-11(2)16(13)19)12-8-9-15(21-3)14(18)10-12/h5-10,17,20H,4H2,1-3H3. The predicted molar refractivity (Wildman–Crippen MR) is 87.4 cm³/mol. The second-order valence-electron chi connectivity index (χ2n) is 4.86. The van der Waals surface area contributed by atoms with Crippen molar-refractivity contribution in [2.24, 2.45) is 0 Å². The second-order valence-corrected chi connectivity index (χ2v) is 5.72. The van der Waals surface area contributed by atoms with E-state index in [0.717, 1.165) is 22.3 Å². The van der Waals surface area contributed by atoms with Gasteiger partial charge in [-0.15, -0.1) is 0 Å². The summed E-state index contributed by atoms with van der Waals surface area (Å²) in [5, 5.41) is 3.35. The smallest absolute Gasteiger partial charge is 0.133 e. The fraction of sp³-hybridized carbons (Fsp3) is 0.294. The Bertz CT molecular complexity index is 630. The number of methoxy groups -OCH3 is 1. The van der Waals surface area contributed by atoms with Crippen molar-refractivity contribution in [3.05, 3.63) is 63.4 Å². The van der Waals surface area contributed by atoms with Gasteiger partial charge in [-0.05, 0) is 52.7 Å². The lowest BCUT2D eigenvalue weighted by Crippen LogP contribution is -2.23. The molecular formula is C17H19BrFNO. The van der Waals surface area contributed by atoms with Crippen LogP contribution in [0.5, 0.6) is 5.75 Å². The van der Waals surface area contributed by atoms with Crippen molar-refractivity contribution in [3.63, 3.8) is 0 Å². The number of aryl methyl sites for hydroxylation is 1. The number of ether oxygens (including phenoxy) is 1. The molecule has 0 amide bonds.